The van der Waals surface area contributed by atoms with E-state index in [1.54, 1.807) is 57.2 Å². The van der Waals surface area contributed by atoms with Crippen LogP contribution in [-0.4, -0.2) is 26.1 Å². The van der Waals surface area contributed by atoms with Gasteiger partial charge in [0.05, 0.1) is 4.90 Å². The van der Waals surface area contributed by atoms with Gasteiger partial charge in [0.25, 0.3) is 10.0 Å². The number of hydrogen-bond donors (Lipinski definition) is 2. The Morgan fingerprint density at radius 1 is 1.00 bits per heavy atom. The van der Waals surface area contributed by atoms with Crippen molar-refractivity contribution in [3.8, 4) is 0 Å². The molecule has 0 aromatic heterocycles. The summed E-state index contributed by atoms with van der Waals surface area (Å²) in [5.41, 5.74) is 0.747. The lowest BCUT2D eigenvalue weighted by Crippen LogP contribution is -2.40. The SMILES string of the molecule is Cc1ccc(S(=O)(=O)/N=C(/NC(=O)OC(C)(C)C)Nc2ccccc2)cc1. The van der Waals surface area contributed by atoms with Crippen LogP contribution >= 0.6 is 0 Å². The lowest BCUT2D eigenvalue weighted by Gasteiger charge is -2.20. The minimum Gasteiger partial charge on any atom is -0.444 e. The molecule has 144 valence electrons. The molecule has 1 amide bonds. The van der Waals surface area contributed by atoms with Crippen molar-refractivity contribution in [2.75, 3.05) is 5.32 Å². The highest BCUT2D eigenvalue weighted by Gasteiger charge is 2.20. The molecule has 2 aromatic carbocycles. The Labute approximate surface area is 159 Å². The molecule has 2 aromatic rings. The van der Waals surface area contributed by atoms with E-state index in [2.05, 4.69) is 15.0 Å². The maximum Gasteiger partial charge on any atom is 0.414 e. The molecule has 0 aliphatic heterocycles. The second-order valence-corrected chi connectivity index (χ2v) is 8.45. The van der Waals surface area contributed by atoms with Crippen LogP contribution in [0.25, 0.3) is 0 Å². The zero-order valence-electron chi connectivity index (χ0n) is 15.7. The molecule has 0 radical (unpaired) electrons. The molecule has 0 saturated carbocycles. The summed E-state index contributed by atoms with van der Waals surface area (Å²) in [6.45, 7) is 6.97. The number of nitrogens with one attached hydrogen (secondary N) is 2. The largest absolute Gasteiger partial charge is 0.444 e. The molecular formula is C19H23N3O4S. The van der Waals surface area contributed by atoms with E-state index in [1.165, 1.54) is 12.1 Å². The van der Waals surface area contributed by atoms with Crippen LogP contribution in [0.3, 0.4) is 0 Å². The number of amides is 1. The Kier molecular flexibility index (Phi) is 6.22. The van der Waals surface area contributed by atoms with E-state index in [4.69, 9.17) is 4.74 Å². The second kappa shape index (κ2) is 8.22. The minimum absolute atomic E-state index is 0.0199. The number of nitrogens with zero attached hydrogens (tertiary/aromatic N) is 1. The lowest BCUT2D eigenvalue weighted by atomic mass is 10.2. The number of anilines is 1. The number of hydrogen-bond acceptors (Lipinski definition) is 4. The molecular weight excluding hydrogens is 366 g/mol. The van der Waals surface area contributed by atoms with Crippen molar-refractivity contribution < 1.29 is 17.9 Å². The summed E-state index contributed by atoms with van der Waals surface area (Å²) in [4.78, 5) is 12.1. The molecule has 0 aliphatic rings. The van der Waals surface area contributed by atoms with Crippen LogP contribution in [0.5, 0.6) is 0 Å². The summed E-state index contributed by atoms with van der Waals surface area (Å²) >= 11 is 0. The summed E-state index contributed by atoms with van der Waals surface area (Å²) < 4.78 is 34.1. The molecule has 0 spiro atoms. The number of rotatable bonds is 3. The highest BCUT2D eigenvalue weighted by molar-refractivity contribution is 7.90. The van der Waals surface area contributed by atoms with E-state index in [0.29, 0.717) is 5.69 Å². The number of benzene rings is 2. The fraction of sp³-hybridized carbons (Fsp3) is 0.263. The third-order valence-corrected chi connectivity index (χ3v) is 4.48. The average Bonchev–Trinajstić information content (AvgIpc) is 2.53. The molecule has 0 saturated heterocycles. The van der Waals surface area contributed by atoms with Gasteiger partial charge >= 0.3 is 6.09 Å². The van der Waals surface area contributed by atoms with Crippen LogP contribution < -0.4 is 10.6 Å². The van der Waals surface area contributed by atoms with E-state index in [9.17, 15) is 13.2 Å². The van der Waals surface area contributed by atoms with Gasteiger partial charge in [-0.1, -0.05) is 35.9 Å². The molecule has 2 N–H and O–H groups in total. The van der Waals surface area contributed by atoms with Gasteiger partial charge in [0.1, 0.15) is 5.60 Å². The first-order valence-electron chi connectivity index (χ1n) is 8.29. The van der Waals surface area contributed by atoms with Gasteiger partial charge in [-0.2, -0.15) is 8.42 Å². The minimum atomic E-state index is -4.03. The molecule has 0 atom stereocenters. The molecule has 2 rings (SSSR count). The molecule has 0 heterocycles. The van der Waals surface area contributed by atoms with Crippen LogP contribution in [0.15, 0.2) is 63.9 Å². The first-order chi connectivity index (χ1) is 12.5. The van der Waals surface area contributed by atoms with E-state index in [1.807, 2.05) is 13.0 Å². The topological polar surface area (TPSA) is 96.9 Å². The quantitative estimate of drug-likeness (QED) is 0.617. The summed E-state index contributed by atoms with van der Waals surface area (Å²) in [5, 5.41) is 5.15. The summed E-state index contributed by atoms with van der Waals surface area (Å²) in [7, 11) is -4.03. The molecule has 27 heavy (non-hydrogen) atoms. The summed E-state index contributed by atoms with van der Waals surface area (Å²) in [5.74, 6) is -0.254. The van der Waals surface area contributed by atoms with Crippen molar-refractivity contribution in [2.45, 2.75) is 38.2 Å². The first-order valence-corrected chi connectivity index (χ1v) is 9.73. The maximum absolute atomic E-state index is 12.6. The zero-order valence-corrected chi connectivity index (χ0v) is 16.5. The molecule has 7 nitrogen and oxygen atoms in total. The summed E-state index contributed by atoms with van der Waals surface area (Å²) in [6, 6.07) is 15.0. The zero-order chi connectivity index (χ0) is 20.1. The van der Waals surface area contributed by atoms with E-state index in [-0.39, 0.29) is 10.9 Å². The first kappa shape index (κ1) is 20.4. The molecule has 0 fully saturated rings. The average molecular weight is 389 g/mol. The lowest BCUT2D eigenvalue weighted by molar-refractivity contribution is 0.0563. The third-order valence-electron chi connectivity index (χ3n) is 3.19. The van der Waals surface area contributed by atoms with Gasteiger partial charge in [-0.15, -0.1) is 4.40 Å². The standard InChI is InChI=1S/C19H23N3O4S/c1-14-10-12-16(13-11-14)27(24,25)22-17(20-15-8-6-5-7-9-15)21-18(23)26-19(2,3)4/h5-13H,1-4H3,(H2,20,21,22,23). The van der Waals surface area contributed by atoms with E-state index >= 15 is 0 Å². The van der Waals surface area contributed by atoms with Crippen LogP contribution in [0, 0.1) is 6.92 Å². The fourth-order valence-corrected chi connectivity index (χ4v) is 2.94. The number of para-hydroxylation sites is 1. The number of aryl methyl sites for hydroxylation is 1. The normalized spacial score (nSPS) is 12.4. The second-order valence-electron chi connectivity index (χ2n) is 6.85. The smallest absolute Gasteiger partial charge is 0.414 e. The Hall–Kier alpha value is -2.87. The molecule has 0 bridgehead atoms. The van der Waals surface area contributed by atoms with Gasteiger partial charge in [0.15, 0.2) is 0 Å². The van der Waals surface area contributed by atoms with Crippen LogP contribution in [0.4, 0.5) is 10.5 Å². The Morgan fingerprint density at radius 3 is 2.15 bits per heavy atom. The predicted octanol–water partition coefficient (Wildman–Crippen LogP) is 3.68. The Morgan fingerprint density at radius 2 is 1.59 bits per heavy atom. The van der Waals surface area contributed by atoms with Gasteiger partial charge in [-0.05, 0) is 52.0 Å². The van der Waals surface area contributed by atoms with Gasteiger partial charge in [0, 0.05) is 5.69 Å². The number of carbonyl (C=O) groups excluding carboxylic acids is 1. The van der Waals surface area contributed by atoms with E-state index < -0.39 is 21.7 Å². The van der Waals surface area contributed by atoms with Crippen LogP contribution in [-0.2, 0) is 14.8 Å². The van der Waals surface area contributed by atoms with Crippen molar-refractivity contribution in [3.05, 3.63) is 60.2 Å². The predicted molar refractivity (Wildman–Crippen MR) is 105 cm³/mol. The van der Waals surface area contributed by atoms with Gasteiger partial charge < -0.3 is 10.1 Å². The highest BCUT2D eigenvalue weighted by Crippen LogP contribution is 2.14. The third kappa shape index (κ3) is 6.74. The summed E-state index contributed by atoms with van der Waals surface area (Å²) in [6.07, 6.45) is -0.816. The van der Waals surface area contributed by atoms with Crippen molar-refractivity contribution >= 4 is 27.8 Å². The van der Waals surface area contributed by atoms with Crippen molar-refractivity contribution in [1.29, 1.82) is 0 Å². The Balaban J connectivity index is 2.33. The van der Waals surface area contributed by atoms with Crippen LogP contribution in [0.2, 0.25) is 0 Å². The number of sulfonamides is 1. The van der Waals surface area contributed by atoms with Gasteiger partial charge in [-0.25, -0.2) is 4.79 Å². The fourth-order valence-electron chi connectivity index (χ4n) is 2.02. The van der Waals surface area contributed by atoms with Crippen molar-refractivity contribution in [2.24, 2.45) is 4.40 Å². The molecule has 0 unspecified atom stereocenters. The molecule has 0 aliphatic carbocycles. The number of carbonyl (C=O) groups is 1. The van der Waals surface area contributed by atoms with Crippen molar-refractivity contribution in [3.63, 3.8) is 0 Å². The molecule has 8 heteroatoms. The number of alkyl carbamates (subject to hydrolysis) is 1. The van der Waals surface area contributed by atoms with E-state index in [0.717, 1.165) is 5.56 Å². The monoisotopic (exact) mass is 389 g/mol. The highest BCUT2D eigenvalue weighted by atomic mass is 32.2. The maximum atomic E-state index is 12.6. The van der Waals surface area contributed by atoms with Gasteiger partial charge in [0.2, 0.25) is 5.96 Å². The number of ether oxygens (including phenoxy) is 1. The van der Waals surface area contributed by atoms with Gasteiger partial charge in [-0.3, -0.25) is 5.32 Å². The van der Waals surface area contributed by atoms with Crippen LogP contribution in [0.1, 0.15) is 26.3 Å². The van der Waals surface area contributed by atoms with Crippen molar-refractivity contribution in [1.82, 2.24) is 5.32 Å². The number of guanidine groups is 1. The Bertz CT molecular complexity index is 916.